The van der Waals surface area contributed by atoms with E-state index in [1.165, 1.54) is 0 Å². The fourth-order valence-electron chi connectivity index (χ4n) is 3.47. The number of piperidine rings is 1. The molecule has 29 heavy (non-hydrogen) atoms. The van der Waals surface area contributed by atoms with Crippen LogP contribution in [-0.2, 0) is 13.1 Å². The van der Waals surface area contributed by atoms with Crippen molar-refractivity contribution in [2.45, 2.75) is 31.5 Å². The number of hydrogen-bond acceptors (Lipinski definition) is 7. The number of benzene rings is 1. The van der Waals surface area contributed by atoms with Crippen LogP contribution in [0, 0.1) is 0 Å². The Bertz CT molecular complexity index is 1020. The predicted molar refractivity (Wildman–Crippen MR) is 113 cm³/mol. The van der Waals surface area contributed by atoms with Crippen molar-refractivity contribution in [1.82, 2.24) is 25.1 Å². The second-order valence-electron chi connectivity index (χ2n) is 7.17. The predicted octanol–water partition coefficient (Wildman–Crippen LogP) is 2.87. The lowest BCUT2D eigenvalue weighted by Crippen LogP contribution is -2.44. The van der Waals surface area contributed by atoms with Gasteiger partial charge in [0.2, 0.25) is 11.8 Å². The molecule has 8 nitrogen and oxygen atoms in total. The summed E-state index contributed by atoms with van der Waals surface area (Å²) in [6.07, 6.45) is 3.00. The minimum Gasteiger partial charge on any atom is -0.479 e. The van der Waals surface area contributed by atoms with Gasteiger partial charge < -0.3 is 20.5 Å². The van der Waals surface area contributed by atoms with Gasteiger partial charge in [0.15, 0.2) is 0 Å². The third kappa shape index (κ3) is 4.40. The SMILES string of the molecule is COc1nc(NCc2ccc(Cl)c(Cl)c2)nc2cnn(CC3(O)CCNCC3)c12. The zero-order valence-corrected chi connectivity index (χ0v) is 17.5. The van der Waals surface area contributed by atoms with E-state index in [2.05, 4.69) is 25.7 Å². The summed E-state index contributed by atoms with van der Waals surface area (Å²) in [5.74, 6) is 0.822. The first-order valence-corrected chi connectivity index (χ1v) is 10.1. The average Bonchev–Trinajstić information content (AvgIpc) is 3.11. The summed E-state index contributed by atoms with van der Waals surface area (Å²) in [7, 11) is 1.56. The number of nitrogens with zero attached hydrogens (tertiary/aromatic N) is 4. The molecule has 3 heterocycles. The molecule has 0 aliphatic carbocycles. The summed E-state index contributed by atoms with van der Waals surface area (Å²) in [5, 5.41) is 22.7. The standard InChI is InChI=1S/C19H22Cl2N6O2/c1-29-17-16-15(10-24-27(16)11-19(28)4-6-22-7-5-19)25-18(26-17)23-9-12-2-3-13(20)14(21)8-12/h2-3,8,10,22,28H,4-7,9,11H2,1H3,(H,23,25,26). The lowest BCUT2D eigenvalue weighted by molar-refractivity contribution is -0.00722. The van der Waals surface area contributed by atoms with Gasteiger partial charge in [-0.05, 0) is 43.6 Å². The normalized spacial score (nSPS) is 16.1. The number of methoxy groups -OCH3 is 1. The molecule has 154 valence electrons. The van der Waals surface area contributed by atoms with Crippen molar-refractivity contribution < 1.29 is 9.84 Å². The number of aromatic nitrogens is 4. The molecule has 0 radical (unpaired) electrons. The lowest BCUT2D eigenvalue weighted by atomic mass is 9.92. The van der Waals surface area contributed by atoms with Crippen LogP contribution in [0.1, 0.15) is 18.4 Å². The zero-order chi connectivity index (χ0) is 20.4. The van der Waals surface area contributed by atoms with Gasteiger partial charge in [-0.3, -0.25) is 4.68 Å². The number of ether oxygens (including phenoxy) is 1. The molecule has 4 rings (SSSR count). The maximum absolute atomic E-state index is 10.9. The van der Waals surface area contributed by atoms with E-state index in [0.29, 0.717) is 58.8 Å². The number of aliphatic hydroxyl groups is 1. The first-order chi connectivity index (χ1) is 14.0. The van der Waals surface area contributed by atoms with Crippen molar-refractivity contribution in [3.63, 3.8) is 0 Å². The molecule has 0 bridgehead atoms. The number of rotatable bonds is 6. The van der Waals surface area contributed by atoms with Crippen LogP contribution in [0.15, 0.2) is 24.4 Å². The molecule has 3 N–H and O–H groups in total. The number of nitrogens with one attached hydrogen (secondary N) is 2. The third-order valence-corrected chi connectivity index (χ3v) is 5.80. The molecule has 1 aromatic carbocycles. The molecule has 1 aliphatic rings. The van der Waals surface area contributed by atoms with E-state index in [0.717, 1.165) is 18.7 Å². The average molecular weight is 437 g/mol. The second-order valence-corrected chi connectivity index (χ2v) is 7.98. The summed E-state index contributed by atoms with van der Waals surface area (Å²) < 4.78 is 7.22. The number of anilines is 1. The summed E-state index contributed by atoms with van der Waals surface area (Å²) >= 11 is 12.0. The van der Waals surface area contributed by atoms with E-state index in [-0.39, 0.29) is 0 Å². The molecule has 3 aromatic rings. The smallest absolute Gasteiger partial charge is 0.244 e. The summed E-state index contributed by atoms with van der Waals surface area (Å²) in [4.78, 5) is 9.00. The Morgan fingerprint density at radius 1 is 1.24 bits per heavy atom. The van der Waals surface area contributed by atoms with Crippen molar-refractivity contribution in [1.29, 1.82) is 0 Å². The topological polar surface area (TPSA) is 97.1 Å². The van der Waals surface area contributed by atoms with Gasteiger partial charge >= 0.3 is 0 Å². The largest absolute Gasteiger partial charge is 0.479 e. The van der Waals surface area contributed by atoms with Crippen molar-refractivity contribution in [3.05, 3.63) is 40.0 Å². The van der Waals surface area contributed by atoms with E-state index in [9.17, 15) is 5.11 Å². The van der Waals surface area contributed by atoms with Crippen molar-refractivity contribution in [2.75, 3.05) is 25.5 Å². The van der Waals surface area contributed by atoms with Crippen LogP contribution in [-0.4, -0.2) is 50.7 Å². The first-order valence-electron chi connectivity index (χ1n) is 9.36. The molecule has 0 spiro atoms. The fourth-order valence-corrected chi connectivity index (χ4v) is 3.79. The Morgan fingerprint density at radius 3 is 2.76 bits per heavy atom. The van der Waals surface area contributed by atoms with Crippen molar-refractivity contribution in [2.24, 2.45) is 0 Å². The lowest BCUT2D eigenvalue weighted by Gasteiger charge is -2.32. The highest BCUT2D eigenvalue weighted by Crippen LogP contribution is 2.28. The van der Waals surface area contributed by atoms with E-state index < -0.39 is 5.60 Å². The van der Waals surface area contributed by atoms with Crippen LogP contribution in [0.4, 0.5) is 5.95 Å². The summed E-state index contributed by atoms with van der Waals surface area (Å²) in [6, 6.07) is 5.43. The van der Waals surface area contributed by atoms with Gasteiger partial charge in [0.1, 0.15) is 11.0 Å². The molecule has 0 amide bonds. The van der Waals surface area contributed by atoms with Crippen LogP contribution in [0.3, 0.4) is 0 Å². The molecule has 0 unspecified atom stereocenters. The molecular formula is C19H22Cl2N6O2. The molecule has 1 aliphatic heterocycles. The molecule has 10 heteroatoms. The number of hydrogen-bond donors (Lipinski definition) is 3. The number of halogens is 2. The molecule has 2 aromatic heterocycles. The van der Waals surface area contributed by atoms with Crippen molar-refractivity contribution >= 4 is 40.2 Å². The van der Waals surface area contributed by atoms with Crippen LogP contribution in [0.2, 0.25) is 10.0 Å². The van der Waals surface area contributed by atoms with Crippen LogP contribution < -0.4 is 15.4 Å². The molecular weight excluding hydrogens is 415 g/mol. The maximum Gasteiger partial charge on any atom is 0.244 e. The highest BCUT2D eigenvalue weighted by atomic mass is 35.5. The minimum absolute atomic E-state index is 0.369. The Morgan fingerprint density at radius 2 is 2.03 bits per heavy atom. The Hall–Kier alpha value is -2.13. The third-order valence-electron chi connectivity index (χ3n) is 5.06. The van der Waals surface area contributed by atoms with Crippen LogP contribution in [0.25, 0.3) is 11.0 Å². The molecule has 1 fully saturated rings. The van der Waals surface area contributed by atoms with Gasteiger partial charge in [-0.2, -0.15) is 10.1 Å². The van der Waals surface area contributed by atoms with E-state index in [1.807, 2.05) is 6.07 Å². The quantitative estimate of drug-likeness (QED) is 0.546. The van der Waals surface area contributed by atoms with Gasteiger partial charge in [-0.15, -0.1) is 0 Å². The molecule has 0 saturated carbocycles. The van der Waals surface area contributed by atoms with Crippen molar-refractivity contribution in [3.8, 4) is 5.88 Å². The summed E-state index contributed by atoms with van der Waals surface area (Å²) in [5.41, 5.74) is 1.46. The van der Waals surface area contributed by atoms with E-state index in [1.54, 1.807) is 30.1 Å². The minimum atomic E-state index is -0.806. The molecule has 1 saturated heterocycles. The van der Waals surface area contributed by atoms with Gasteiger partial charge in [-0.25, -0.2) is 4.98 Å². The van der Waals surface area contributed by atoms with Crippen LogP contribution in [0.5, 0.6) is 5.88 Å². The molecule has 0 atom stereocenters. The highest BCUT2D eigenvalue weighted by Gasteiger charge is 2.31. The second kappa shape index (κ2) is 8.31. The summed E-state index contributed by atoms with van der Waals surface area (Å²) in [6.45, 7) is 2.42. The van der Waals surface area contributed by atoms with E-state index >= 15 is 0 Å². The Balaban J connectivity index is 1.57. The Labute approximate surface area is 178 Å². The van der Waals surface area contributed by atoms with E-state index in [4.69, 9.17) is 27.9 Å². The monoisotopic (exact) mass is 436 g/mol. The zero-order valence-electron chi connectivity index (χ0n) is 16.0. The number of fused-ring (bicyclic) bond motifs is 1. The van der Waals surface area contributed by atoms with Gasteiger partial charge in [-0.1, -0.05) is 29.3 Å². The van der Waals surface area contributed by atoms with Gasteiger partial charge in [0.25, 0.3) is 0 Å². The maximum atomic E-state index is 10.9. The highest BCUT2D eigenvalue weighted by molar-refractivity contribution is 6.42. The van der Waals surface area contributed by atoms with Gasteiger partial charge in [0, 0.05) is 6.54 Å². The fraction of sp³-hybridized carbons (Fsp3) is 0.421. The van der Waals surface area contributed by atoms with Gasteiger partial charge in [0.05, 0.1) is 35.5 Å². The first kappa shape index (κ1) is 20.2. The Kier molecular flexibility index (Phi) is 5.78. The van der Waals surface area contributed by atoms with Crippen LogP contribution >= 0.6 is 23.2 Å².